The van der Waals surface area contributed by atoms with Gasteiger partial charge >= 0.3 is 0 Å². The standard InChI is InChI=1S/C12H18N4O/c13-9-12(4-2-5-12)7-11(17)14-8-10-3-1-6-15-16-10/h1,3,6H,2,4-5,7-9,13H2,(H,14,17). The molecule has 2 rings (SSSR count). The van der Waals surface area contributed by atoms with E-state index in [1.165, 1.54) is 6.42 Å². The summed E-state index contributed by atoms with van der Waals surface area (Å²) in [6.45, 7) is 1.04. The summed E-state index contributed by atoms with van der Waals surface area (Å²) in [6, 6.07) is 3.65. The number of amides is 1. The summed E-state index contributed by atoms with van der Waals surface area (Å²) in [5, 5.41) is 10.5. The van der Waals surface area contributed by atoms with Crippen molar-refractivity contribution in [1.82, 2.24) is 15.5 Å². The Morgan fingerprint density at radius 1 is 1.53 bits per heavy atom. The molecule has 5 nitrogen and oxygen atoms in total. The lowest BCUT2D eigenvalue weighted by atomic mass is 9.66. The van der Waals surface area contributed by atoms with E-state index in [4.69, 9.17) is 5.73 Å². The molecule has 0 radical (unpaired) electrons. The van der Waals surface area contributed by atoms with Crippen LogP contribution in [0.25, 0.3) is 0 Å². The number of nitrogens with two attached hydrogens (primary N) is 1. The van der Waals surface area contributed by atoms with Crippen LogP contribution in [0.3, 0.4) is 0 Å². The van der Waals surface area contributed by atoms with Gasteiger partial charge in [-0.05, 0) is 36.9 Å². The van der Waals surface area contributed by atoms with Gasteiger partial charge in [-0.15, -0.1) is 0 Å². The first-order chi connectivity index (χ1) is 8.24. The van der Waals surface area contributed by atoms with Crippen molar-refractivity contribution < 1.29 is 4.79 Å². The normalized spacial score (nSPS) is 17.2. The summed E-state index contributed by atoms with van der Waals surface area (Å²) in [7, 11) is 0. The lowest BCUT2D eigenvalue weighted by Crippen LogP contribution is -2.41. The van der Waals surface area contributed by atoms with Gasteiger partial charge in [0.25, 0.3) is 0 Å². The molecule has 0 aliphatic heterocycles. The molecule has 1 aliphatic carbocycles. The Bertz CT molecular complexity index is 370. The minimum atomic E-state index is 0.0563. The molecular weight excluding hydrogens is 216 g/mol. The van der Waals surface area contributed by atoms with E-state index in [1.54, 1.807) is 6.20 Å². The van der Waals surface area contributed by atoms with E-state index in [9.17, 15) is 4.79 Å². The minimum absolute atomic E-state index is 0.0563. The molecule has 1 heterocycles. The Hall–Kier alpha value is -1.49. The van der Waals surface area contributed by atoms with Crippen molar-refractivity contribution in [2.75, 3.05) is 6.54 Å². The highest BCUT2D eigenvalue weighted by Gasteiger charge is 2.37. The number of rotatable bonds is 5. The summed E-state index contributed by atoms with van der Waals surface area (Å²) in [6.07, 6.45) is 5.48. The molecule has 0 aromatic carbocycles. The van der Waals surface area contributed by atoms with Gasteiger partial charge in [-0.1, -0.05) is 6.42 Å². The van der Waals surface area contributed by atoms with Crippen LogP contribution >= 0.6 is 0 Å². The number of aromatic nitrogens is 2. The van der Waals surface area contributed by atoms with Crippen molar-refractivity contribution in [3.8, 4) is 0 Å². The topological polar surface area (TPSA) is 80.9 Å². The van der Waals surface area contributed by atoms with E-state index in [2.05, 4.69) is 15.5 Å². The Morgan fingerprint density at radius 3 is 2.88 bits per heavy atom. The summed E-state index contributed by atoms with van der Waals surface area (Å²) in [5.74, 6) is 0.0563. The van der Waals surface area contributed by atoms with Crippen LogP contribution in [-0.2, 0) is 11.3 Å². The van der Waals surface area contributed by atoms with E-state index in [-0.39, 0.29) is 11.3 Å². The first-order valence-electron chi connectivity index (χ1n) is 5.97. The molecule has 0 bridgehead atoms. The fraction of sp³-hybridized carbons (Fsp3) is 0.583. The second-order valence-electron chi connectivity index (χ2n) is 4.73. The SMILES string of the molecule is NCC1(CC(=O)NCc2cccnn2)CCC1. The lowest BCUT2D eigenvalue weighted by molar-refractivity contribution is -0.124. The molecule has 0 saturated heterocycles. The summed E-state index contributed by atoms with van der Waals surface area (Å²) in [4.78, 5) is 11.8. The highest BCUT2D eigenvalue weighted by Crippen LogP contribution is 2.42. The van der Waals surface area contributed by atoms with E-state index in [0.717, 1.165) is 18.5 Å². The average molecular weight is 234 g/mol. The molecule has 3 N–H and O–H groups in total. The van der Waals surface area contributed by atoms with Crippen LogP contribution in [-0.4, -0.2) is 22.6 Å². The van der Waals surface area contributed by atoms with Gasteiger partial charge in [-0.2, -0.15) is 10.2 Å². The van der Waals surface area contributed by atoms with Gasteiger partial charge in [0.15, 0.2) is 0 Å². The molecule has 0 atom stereocenters. The van der Waals surface area contributed by atoms with Gasteiger partial charge in [0.2, 0.25) is 5.91 Å². The van der Waals surface area contributed by atoms with Crippen molar-refractivity contribution in [2.45, 2.75) is 32.2 Å². The molecule has 1 aromatic heterocycles. The maximum atomic E-state index is 11.8. The molecule has 92 valence electrons. The van der Waals surface area contributed by atoms with Crippen LogP contribution in [0.2, 0.25) is 0 Å². The monoisotopic (exact) mass is 234 g/mol. The van der Waals surface area contributed by atoms with Crippen LogP contribution in [0, 0.1) is 5.41 Å². The quantitative estimate of drug-likeness (QED) is 0.782. The van der Waals surface area contributed by atoms with Gasteiger partial charge in [0.05, 0.1) is 12.2 Å². The molecule has 1 aromatic rings. The molecule has 5 heteroatoms. The number of nitrogens with zero attached hydrogens (tertiary/aromatic N) is 2. The van der Waals surface area contributed by atoms with Crippen molar-refractivity contribution in [2.24, 2.45) is 11.1 Å². The number of hydrogen-bond donors (Lipinski definition) is 2. The predicted molar refractivity (Wildman–Crippen MR) is 63.8 cm³/mol. The lowest BCUT2D eigenvalue weighted by Gasteiger charge is -2.40. The van der Waals surface area contributed by atoms with Gasteiger partial charge in [0.1, 0.15) is 0 Å². The zero-order valence-electron chi connectivity index (χ0n) is 9.85. The molecule has 0 spiro atoms. The van der Waals surface area contributed by atoms with E-state index in [0.29, 0.717) is 19.5 Å². The van der Waals surface area contributed by atoms with Gasteiger partial charge in [-0.25, -0.2) is 0 Å². The maximum absolute atomic E-state index is 11.8. The minimum Gasteiger partial charge on any atom is -0.350 e. The van der Waals surface area contributed by atoms with Crippen LogP contribution in [0.5, 0.6) is 0 Å². The Morgan fingerprint density at radius 2 is 2.35 bits per heavy atom. The van der Waals surface area contributed by atoms with Crippen molar-refractivity contribution in [1.29, 1.82) is 0 Å². The Balaban J connectivity index is 1.78. The molecule has 17 heavy (non-hydrogen) atoms. The Kier molecular flexibility index (Phi) is 3.68. The van der Waals surface area contributed by atoms with Crippen molar-refractivity contribution in [3.05, 3.63) is 24.0 Å². The molecular formula is C12H18N4O. The smallest absolute Gasteiger partial charge is 0.220 e. The number of nitrogens with one attached hydrogen (secondary N) is 1. The largest absolute Gasteiger partial charge is 0.350 e. The summed E-state index contributed by atoms with van der Waals surface area (Å²) >= 11 is 0. The number of carbonyl (C=O) groups excluding carboxylic acids is 1. The van der Waals surface area contributed by atoms with Crippen LogP contribution in [0.4, 0.5) is 0 Å². The first kappa shape index (κ1) is 12.0. The second kappa shape index (κ2) is 5.23. The highest BCUT2D eigenvalue weighted by atomic mass is 16.1. The molecule has 1 aliphatic rings. The summed E-state index contributed by atoms with van der Waals surface area (Å²) in [5.41, 5.74) is 6.56. The molecule has 0 unspecified atom stereocenters. The van der Waals surface area contributed by atoms with E-state index >= 15 is 0 Å². The third-order valence-electron chi connectivity index (χ3n) is 3.48. The van der Waals surface area contributed by atoms with Crippen LogP contribution in [0.15, 0.2) is 18.3 Å². The van der Waals surface area contributed by atoms with Gasteiger partial charge in [-0.3, -0.25) is 4.79 Å². The second-order valence-corrected chi connectivity index (χ2v) is 4.73. The van der Waals surface area contributed by atoms with E-state index in [1.807, 2.05) is 12.1 Å². The third kappa shape index (κ3) is 3.00. The van der Waals surface area contributed by atoms with Crippen LogP contribution < -0.4 is 11.1 Å². The van der Waals surface area contributed by atoms with E-state index < -0.39 is 0 Å². The fourth-order valence-corrected chi connectivity index (χ4v) is 2.15. The number of carbonyl (C=O) groups is 1. The van der Waals surface area contributed by atoms with Gasteiger partial charge in [0, 0.05) is 12.6 Å². The maximum Gasteiger partial charge on any atom is 0.220 e. The summed E-state index contributed by atoms with van der Waals surface area (Å²) < 4.78 is 0. The average Bonchev–Trinajstić information content (AvgIpc) is 2.33. The zero-order valence-corrected chi connectivity index (χ0v) is 9.85. The molecule has 1 amide bonds. The number of hydrogen-bond acceptors (Lipinski definition) is 4. The third-order valence-corrected chi connectivity index (χ3v) is 3.48. The fourth-order valence-electron chi connectivity index (χ4n) is 2.15. The van der Waals surface area contributed by atoms with Crippen LogP contribution in [0.1, 0.15) is 31.4 Å². The highest BCUT2D eigenvalue weighted by molar-refractivity contribution is 5.76. The van der Waals surface area contributed by atoms with Gasteiger partial charge < -0.3 is 11.1 Å². The van der Waals surface area contributed by atoms with Crippen molar-refractivity contribution >= 4 is 5.91 Å². The molecule has 1 saturated carbocycles. The van der Waals surface area contributed by atoms with Crippen molar-refractivity contribution in [3.63, 3.8) is 0 Å². The Labute approximate surface area is 101 Å². The molecule has 1 fully saturated rings. The zero-order chi connectivity index (χ0) is 12.1. The first-order valence-corrected chi connectivity index (χ1v) is 5.97. The predicted octanol–water partition coefficient (Wildman–Crippen LogP) is 0.612.